The molecule has 0 radical (unpaired) electrons. The average Bonchev–Trinajstić information content (AvgIpc) is 2.79. The van der Waals surface area contributed by atoms with Crippen molar-refractivity contribution in [3.63, 3.8) is 0 Å². The second kappa shape index (κ2) is 8.96. The van der Waals surface area contributed by atoms with Gasteiger partial charge in [-0.15, -0.1) is 0 Å². The smallest absolute Gasteiger partial charge is 0.353 e. The summed E-state index contributed by atoms with van der Waals surface area (Å²) in [5.74, 6) is 0.562. The van der Waals surface area contributed by atoms with Crippen LogP contribution >= 0.6 is 11.6 Å². The summed E-state index contributed by atoms with van der Waals surface area (Å²) in [4.78, 5) is 24.0. The highest BCUT2D eigenvalue weighted by atomic mass is 35.5. The number of benzene rings is 2. The number of piperazine rings is 1. The van der Waals surface area contributed by atoms with E-state index in [9.17, 15) is 10.1 Å². The number of nitrogens with one attached hydrogen (secondary N) is 1. The molecule has 0 spiro atoms. The molecule has 154 valence electrons. The highest BCUT2D eigenvalue weighted by molar-refractivity contribution is 6.30. The lowest BCUT2D eigenvalue weighted by Gasteiger charge is -2.36. The normalized spacial score (nSPS) is 13.9. The van der Waals surface area contributed by atoms with Gasteiger partial charge in [0.25, 0.3) is 0 Å². The molecule has 1 aromatic heterocycles. The van der Waals surface area contributed by atoms with Gasteiger partial charge in [0.2, 0.25) is 11.6 Å². The van der Waals surface area contributed by atoms with Crippen molar-refractivity contribution in [3.05, 3.63) is 81.6 Å². The van der Waals surface area contributed by atoms with Gasteiger partial charge in [-0.05, 0) is 29.8 Å². The third-order valence-corrected chi connectivity index (χ3v) is 5.31. The third-order valence-electron chi connectivity index (χ3n) is 5.06. The van der Waals surface area contributed by atoms with Crippen LogP contribution in [0.25, 0.3) is 0 Å². The summed E-state index contributed by atoms with van der Waals surface area (Å²) in [5.41, 5.74) is 2.00. The Balaban J connectivity index is 1.50. The van der Waals surface area contributed by atoms with Crippen LogP contribution in [0.1, 0.15) is 5.56 Å². The van der Waals surface area contributed by atoms with Crippen LogP contribution in [0.3, 0.4) is 0 Å². The highest BCUT2D eigenvalue weighted by Gasteiger charge is 2.29. The molecule has 0 saturated carbocycles. The highest BCUT2D eigenvalue weighted by Crippen LogP contribution is 2.33. The van der Waals surface area contributed by atoms with Gasteiger partial charge in [-0.3, -0.25) is 10.1 Å². The molecule has 1 aliphatic heterocycles. The van der Waals surface area contributed by atoms with E-state index in [4.69, 9.17) is 11.6 Å². The van der Waals surface area contributed by atoms with Crippen LogP contribution in [0.4, 0.5) is 23.0 Å². The lowest BCUT2D eigenvalue weighted by atomic mass is 10.2. The number of hydrogen-bond acceptors (Lipinski definition) is 7. The SMILES string of the molecule is O=[N+]([O-])c1c(NCc2ccc(Cl)cc2)ncnc1N1CCN(c2ccccc2)CC1. The second-order valence-electron chi connectivity index (χ2n) is 6.94. The van der Waals surface area contributed by atoms with Crippen molar-refractivity contribution in [2.45, 2.75) is 6.54 Å². The zero-order valence-corrected chi connectivity index (χ0v) is 17.0. The van der Waals surface area contributed by atoms with Gasteiger partial charge in [-0.25, -0.2) is 9.97 Å². The molecule has 0 bridgehead atoms. The van der Waals surface area contributed by atoms with E-state index in [1.165, 1.54) is 6.33 Å². The molecule has 30 heavy (non-hydrogen) atoms. The van der Waals surface area contributed by atoms with Crippen LogP contribution in [-0.4, -0.2) is 41.1 Å². The number of rotatable bonds is 6. The molecule has 1 saturated heterocycles. The van der Waals surface area contributed by atoms with Gasteiger partial charge in [-0.1, -0.05) is 41.9 Å². The summed E-state index contributed by atoms with van der Waals surface area (Å²) in [6.45, 7) is 3.21. The summed E-state index contributed by atoms with van der Waals surface area (Å²) in [5, 5.41) is 15.6. The number of aromatic nitrogens is 2. The minimum atomic E-state index is -0.414. The van der Waals surface area contributed by atoms with Crippen LogP contribution in [0.15, 0.2) is 60.9 Å². The van der Waals surface area contributed by atoms with Crippen molar-refractivity contribution in [1.82, 2.24) is 9.97 Å². The zero-order chi connectivity index (χ0) is 20.9. The molecule has 0 amide bonds. The number of hydrogen-bond donors (Lipinski definition) is 1. The molecule has 0 unspecified atom stereocenters. The Morgan fingerprint density at radius 2 is 1.63 bits per heavy atom. The van der Waals surface area contributed by atoms with Crippen molar-refractivity contribution in [2.75, 3.05) is 41.3 Å². The summed E-state index contributed by atoms with van der Waals surface area (Å²) in [7, 11) is 0. The van der Waals surface area contributed by atoms with Crippen molar-refractivity contribution in [1.29, 1.82) is 0 Å². The third kappa shape index (κ3) is 4.44. The van der Waals surface area contributed by atoms with E-state index in [-0.39, 0.29) is 11.5 Å². The molecule has 4 rings (SSSR count). The van der Waals surface area contributed by atoms with Crippen LogP contribution in [0.5, 0.6) is 0 Å². The lowest BCUT2D eigenvalue weighted by Crippen LogP contribution is -2.47. The number of nitrogens with zero attached hydrogens (tertiary/aromatic N) is 5. The summed E-state index contributed by atoms with van der Waals surface area (Å²) < 4.78 is 0. The van der Waals surface area contributed by atoms with E-state index in [2.05, 4.69) is 32.3 Å². The number of halogens is 1. The fraction of sp³-hybridized carbons (Fsp3) is 0.238. The molecule has 1 aliphatic rings. The molecule has 1 fully saturated rings. The maximum absolute atomic E-state index is 11.9. The maximum atomic E-state index is 11.9. The predicted molar refractivity (Wildman–Crippen MR) is 118 cm³/mol. The molecule has 9 heteroatoms. The minimum Gasteiger partial charge on any atom is -0.368 e. The average molecular weight is 425 g/mol. The lowest BCUT2D eigenvalue weighted by molar-refractivity contribution is -0.383. The minimum absolute atomic E-state index is 0.0976. The zero-order valence-electron chi connectivity index (χ0n) is 16.2. The molecular weight excluding hydrogens is 404 g/mol. The van der Waals surface area contributed by atoms with Crippen LogP contribution in [0.2, 0.25) is 5.02 Å². The van der Waals surface area contributed by atoms with Crippen molar-refractivity contribution < 1.29 is 4.92 Å². The molecule has 8 nitrogen and oxygen atoms in total. The first-order valence-electron chi connectivity index (χ1n) is 9.64. The Hall–Kier alpha value is -3.39. The van der Waals surface area contributed by atoms with Gasteiger partial charge < -0.3 is 15.1 Å². The monoisotopic (exact) mass is 424 g/mol. The van der Waals surface area contributed by atoms with Crippen molar-refractivity contribution in [3.8, 4) is 0 Å². The van der Waals surface area contributed by atoms with Crippen LogP contribution in [0, 0.1) is 10.1 Å². The first-order valence-corrected chi connectivity index (χ1v) is 10.0. The van der Waals surface area contributed by atoms with Gasteiger partial charge >= 0.3 is 5.69 Å². The van der Waals surface area contributed by atoms with Crippen molar-refractivity contribution >= 4 is 34.6 Å². The van der Waals surface area contributed by atoms with Gasteiger partial charge in [-0.2, -0.15) is 0 Å². The Kier molecular flexibility index (Phi) is 5.94. The Bertz CT molecular complexity index is 1010. The van der Waals surface area contributed by atoms with Gasteiger partial charge in [0.1, 0.15) is 6.33 Å². The molecule has 2 aromatic carbocycles. The molecule has 2 heterocycles. The first-order chi connectivity index (χ1) is 14.6. The predicted octanol–water partition coefficient (Wildman–Crippen LogP) is 3.98. The van der Waals surface area contributed by atoms with Crippen LogP contribution in [-0.2, 0) is 6.54 Å². The Morgan fingerprint density at radius 1 is 0.967 bits per heavy atom. The quantitative estimate of drug-likeness (QED) is 0.473. The van der Waals surface area contributed by atoms with Gasteiger partial charge in [0, 0.05) is 43.4 Å². The molecule has 0 aliphatic carbocycles. The summed E-state index contributed by atoms with van der Waals surface area (Å²) in [6, 6.07) is 17.4. The molecule has 1 N–H and O–H groups in total. The summed E-state index contributed by atoms with van der Waals surface area (Å²) >= 11 is 5.91. The van der Waals surface area contributed by atoms with E-state index in [1.807, 2.05) is 35.2 Å². The van der Waals surface area contributed by atoms with Crippen LogP contribution < -0.4 is 15.1 Å². The van der Waals surface area contributed by atoms with Gasteiger partial charge in [0.15, 0.2) is 0 Å². The molecule has 0 atom stereocenters. The number of anilines is 3. The molecule has 3 aromatic rings. The van der Waals surface area contributed by atoms with E-state index in [0.717, 1.165) is 24.3 Å². The Morgan fingerprint density at radius 3 is 2.30 bits per heavy atom. The maximum Gasteiger partial charge on any atom is 0.353 e. The number of para-hydroxylation sites is 1. The van der Waals surface area contributed by atoms with Gasteiger partial charge in [0.05, 0.1) is 4.92 Å². The van der Waals surface area contributed by atoms with E-state index in [0.29, 0.717) is 30.5 Å². The second-order valence-corrected chi connectivity index (χ2v) is 7.38. The molecular formula is C21H21ClN6O2. The van der Waals surface area contributed by atoms with E-state index < -0.39 is 4.92 Å². The standard InChI is InChI=1S/C21H21ClN6O2/c22-17-8-6-16(7-9-17)14-23-20-19(28(29)30)21(25-15-24-20)27-12-10-26(11-13-27)18-4-2-1-3-5-18/h1-9,15H,10-14H2,(H,23,24,25). The summed E-state index contributed by atoms with van der Waals surface area (Å²) in [6.07, 6.45) is 1.37. The fourth-order valence-electron chi connectivity index (χ4n) is 3.50. The van der Waals surface area contributed by atoms with Crippen molar-refractivity contribution in [2.24, 2.45) is 0 Å². The van der Waals surface area contributed by atoms with E-state index in [1.54, 1.807) is 12.1 Å². The fourth-order valence-corrected chi connectivity index (χ4v) is 3.63. The Labute approximate surface area is 179 Å². The number of nitro groups is 1. The largest absolute Gasteiger partial charge is 0.368 e. The van der Waals surface area contributed by atoms with E-state index >= 15 is 0 Å². The first kappa shape index (κ1) is 19.9. The topological polar surface area (TPSA) is 87.4 Å².